The van der Waals surface area contributed by atoms with Crippen molar-refractivity contribution in [3.05, 3.63) is 44.7 Å². The second-order valence-electron chi connectivity index (χ2n) is 6.43. The molecule has 9 heteroatoms. The van der Waals surface area contributed by atoms with Crippen LogP contribution in [0, 0.1) is 6.92 Å². The second kappa shape index (κ2) is 8.51. The van der Waals surface area contributed by atoms with Crippen LogP contribution < -0.4 is 4.90 Å². The molecule has 0 N–H and O–H groups in total. The highest BCUT2D eigenvalue weighted by Gasteiger charge is 2.25. The summed E-state index contributed by atoms with van der Waals surface area (Å²) in [6, 6.07) is 9.08. The number of rotatable bonds is 5. The molecule has 1 aliphatic rings. The van der Waals surface area contributed by atoms with E-state index in [-0.39, 0.29) is 18.1 Å². The van der Waals surface area contributed by atoms with Gasteiger partial charge < -0.3 is 9.80 Å². The molecule has 1 fully saturated rings. The topological polar surface area (TPSA) is 57.7 Å². The molecule has 0 saturated carbocycles. The van der Waals surface area contributed by atoms with Crippen LogP contribution in [0.4, 0.5) is 5.69 Å². The molecule has 0 bridgehead atoms. The third-order valence-electron chi connectivity index (χ3n) is 4.58. The maximum absolute atomic E-state index is 12.5. The number of benzene rings is 1. The molecule has 5 nitrogen and oxygen atoms in total. The van der Waals surface area contributed by atoms with E-state index < -0.39 is 9.84 Å². The Kier molecular flexibility index (Phi) is 6.50. The van der Waals surface area contributed by atoms with Crippen LogP contribution in [0.2, 0.25) is 5.02 Å². The first-order valence-electron chi connectivity index (χ1n) is 8.53. The SMILES string of the molecule is Cc1ccc(Cl)cc1N1CCN(C(=O)CCS(=O)(=O)c2ccc(Br)s2)CC1. The summed E-state index contributed by atoms with van der Waals surface area (Å²) in [4.78, 5) is 16.4. The van der Waals surface area contributed by atoms with Crippen molar-refractivity contribution >= 4 is 60.3 Å². The van der Waals surface area contributed by atoms with Gasteiger partial charge in [-0.3, -0.25) is 4.79 Å². The van der Waals surface area contributed by atoms with Gasteiger partial charge in [-0.1, -0.05) is 17.7 Å². The summed E-state index contributed by atoms with van der Waals surface area (Å²) in [5, 5.41) is 0.694. The number of thiophene rings is 1. The molecule has 1 aliphatic heterocycles. The molecule has 1 aromatic heterocycles. The van der Waals surface area contributed by atoms with Gasteiger partial charge in [0.25, 0.3) is 0 Å². The van der Waals surface area contributed by atoms with Gasteiger partial charge >= 0.3 is 0 Å². The zero-order chi connectivity index (χ0) is 19.6. The quantitative estimate of drug-likeness (QED) is 0.635. The minimum atomic E-state index is -3.42. The van der Waals surface area contributed by atoms with Crippen molar-refractivity contribution in [2.75, 3.05) is 36.8 Å². The van der Waals surface area contributed by atoms with Gasteiger partial charge in [0.2, 0.25) is 5.91 Å². The Bertz CT molecular complexity index is 938. The first kappa shape index (κ1) is 20.6. The van der Waals surface area contributed by atoms with E-state index in [4.69, 9.17) is 11.6 Å². The Morgan fingerprint density at radius 3 is 2.52 bits per heavy atom. The van der Waals surface area contributed by atoms with Gasteiger partial charge in [-0.25, -0.2) is 8.42 Å². The molecule has 146 valence electrons. The Hall–Kier alpha value is -1.09. The normalized spacial score (nSPS) is 15.2. The number of halogens is 2. The molecule has 0 spiro atoms. The number of anilines is 1. The molecule has 0 atom stereocenters. The highest BCUT2D eigenvalue weighted by atomic mass is 79.9. The van der Waals surface area contributed by atoms with Crippen LogP contribution in [0.15, 0.2) is 38.3 Å². The number of carbonyl (C=O) groups excluding carboxylic acids is 1. The lowest BCUT2D eigenvalue weighted by molar-refractivity contribution is -0.131. The number of hydrogen-bond acceptors (Lipinski definition) is 5. The average molecular weight is 492 g/mol. The number of nitrogens with zero attached hydrogens (tertiary/aromatic N) is 2. The molecule has 2 aromatic rings. The fourth-order valence-corrected chi connectivity index (χ4v) is 6.62. The zero-order valence-electron chi connectivity index (χ0n) is 14.8. The summed E-state index contributed by atoms with van der Waals surface area (Å²) >= 11 is 10.5. The van der Waals surface area contributed by atoms with Crippen LogP contribution >= 0.6 is 38.9 Å². The highest BCUT2D eigenvalue weighted by Crippen LogP contribution is 2.28. The smallest absolute Gasteiger partial charge is 0.223 e. The minimum absolute atomic E-state index is 0.00798. The van der Waals surface area contributed by atoms with Crippen LogP contribution in [-0.4, -0.2) is 51.2 Å². The molecule has 0 radical (unpaired) electrons. The summed E-state index contributed by atoms with van der Waals surface area (Å²) in [6.07, 6.45) is 0.00798. The monoisotopic (exact) mass is 490 g/mol. The standard InChI is InChI=1S/C18H20BrClN2O3S2/c1-13-2-3-14(20)12-15(13)21-7-9-22(10-8-21)17(23)6-11-27(24,25)18-5-4-16(19)26-18/h2-5,12H,6-11H2,1H3. The fourth-order valence-electron chi connectivity index (χ4n) is 3.07. The lowest BCUT2D eigenvalue weighted by Gasteiger charge is -2.37. The van der Waals surface area contributed by atoms with Gasteiger partial charge in [0.15, 0.2) is 9.84 Å². The van der Waals surface area contributed by atoms with Gasteiger partial charge in [-0.05, 0) is 52.7 Å². The van der Waals surface area contributed by atoms with E-state index in [1.54, 1.807) is 17.0 Å². The summed E-state index contributed by atoms with van der Waals surface area (Å²) in [7, 11) is -3.42. The van der Waals surface area contributed by atoms with Crippen LogP contribution in [0.5, 0.6) is 0 Å². The van der Waals surface area contributed by atoms with E-state index >= 15 is 0 Å². The van der Waals surface area contributed by atoms with Gasteiger partial charge in [0, 0.05) is 43.3 Å². The predicted octanol–water partition coefficient (Wildman–Crippen LogP) is 3.99. The molecular weight excluding hydrogens is 472 g/mol. The Labute approximate surface area is 177 Å². The largest absolute Gasteiger partial charge is 0.368 e. The van der Waals surface area contributed by atoms with Gasteiger partial charge in [-0.2, -0.15) is 0 Å². The van der Waals surface area contributed by atoms with Crippen molar-refractivity contribution in [1.82, 2.24) is 4.90 Å². The molecular formula is C18H20BrClN2O3S2. The predicted molar refractivity (Wildman–Crippen MR) is 114 cm³/mol. The number of sulfone groups is 1. The van der Waals surface area contributed by atoms with Gasteiger partial charge in [0.1, 0.15) is 4.21 Å². The third-order valence-corrected chi connectivity index (χ3v) is 8.74. The second-order valence-corrected chi connectivity index (χ2v) is 11.7. The van der Waals surface area contributed by atoms with Crippen LogP contribution in [0.3, 0.4) is 0 Å². The lowest BCUT2D eigenvalue weighted by atomic mass is 10.1. The van der Waals surface area contributed by atoms with Crippen LogP contribution in [0.25, 0.3) is 0 Å². The van der Waals surface area contributed by atoms with E-state index in [0.29, 0.717) is 35.4 Å². The highest BCUT2D eigenvalue weighted by molar-refractivity contribution is 9.11. The Balaban J connectivity index is 1.55. The first-order chi connectivity index (χ1) is 12.8. The van der Waals surface area contributed by atoms with Gasteiger partial charge in [0.05, 0.1) is 9.54 Å². The van der Waals surface area contributed by atoms with Gasteiger partial charge in [-0.15, -0.1) is 11.3 Å². The number of aryl methyl sites for hydroxylation is 1. The van der Waals surface area contributed by atoms with Crippen molar-refractivity contribution in [2.24, 2.45) is 0 Å². The molecule has 0 aliphatic carbocycles. The van der Waals surface area contributed by atoms with E-state index in [1.165, 1.54) is 11.3 Å². The van der Waals surface area contributed by atoms with Crippen LogP contribution in [-0.2, 0) is 14.6 Å². The number of piperazine rings is 1. The number of carbonyl (C=O) groups is 1. The van der Waals surface area contributed by atoms with E-state index in [1.807, 2.05) is 25.1 Å². The molecule has 1 aromatic carbocycles. The van der Waals surface area contributed by atoms with Crippen molar-refractivity contribution in [3.8, 4) is 0 Å². The minimum Gasteiger partial charge on any atom is -0.368 e. The number of amides is 1. The zero-order valence-corrected chi connectivity index (χ0v) is 18.8. The van der Waals surface area contributed by atoms with E-state index in [2.05, 4.69) is 20.8 Å². The van der Waals surface area contributed by atoms with Crippen molar-refractivity contribution < 1.29 is 13.2 Å². The molecule has 27 heavy (non-hydrogen) atoms. The van der Waals surface area contributed by atoms with Crippen LogP contribution in [0.1, 0.15) is 12.0 Å². The molecule has 1 amide bonds. The molecule has 0 unspecified atom stereocenters. The third kappa shape index (κ3) is 5.04. The number of hydrogen-bond donors (Lipinski definition) is 0. The Morgan fingerprint density at radius 1 is 1.19 bits per heavy atom. The summed E-state index contributed by atoms with van der Waals surface area (Å²) < 4.78 is 25.7. The summed E-state index contributed by atoms with van der Waals surface area (Å²) in [6.45, 7) is 4.61. The lowest BCUT2D eigenvalue weighted by Crippen LogP contribution is -2.49. The maximum Gasteiger partial charge on any atom is 0.223 e. The van der Waals surface area contributed by atoms with Crippen molar-refractivity contribution in [1.29, 1.82) is 0 Å². The first-order valence-corrected chi connectivity index (χ1v) is 12.2. The molecule has 1 saturated heterocycles. The Morgan fingerprint density at radius 2 is 1.89 bits per heavy atom. The molecule has 2 heterocycles. The summed E-state index contributed by atoms with van der Waals surface area (Å²) in [5.74, 6) is -0.275. The van der Waals surface area contributed by atoms with Crippen molar-refractivity contribution in [2.45, 2.75) is 17.6 Å². The fraction of sp³-hybridized carbons (Fsp3) is 0.389. The average Bonchev–Trinajstić information content (AvgIpc) is 3.09. The van der Waals surface area contributed by atoms with Crippen molar-refractivity contribution in [3.63, 3.8) is 0 Å². The molecule has 3 rings (SSSR count). The van der Waals surface area contributed by atoms with E-state index in [0.717, 1.165) is 15.0 Å². The summed E-state index contributed by atoms with van der Waals surface area (Å²) in [5.41, 5.74) is 2.23. The maximum atomic E-state index is 12.5. The van der Waals surface area contributed by atoms with E-state index in [9.17, 15) is 13.2 Å².